The molecule has 0 aromatic heterocycles. The van der Waals surface area contributed by atoms with Gasteiger partial charge in [-0.1, -0.05) is 6.08 Å². The standard InChI is InChI=1S/C12H18O3/c1-4-5-10(13)8-6-9(8)11-7-14-12(2,3)15-11/h4,8-9,11H,1,5-7H2,2-3H3/t8-,9-,11-/m1/s1. The van der Waals surface area contributed by atoms with Gasteiger partial charge in [-0.3, -0.25) is 4.79 Å². The fourth-order valence-corrected chi connectivity index (χ4v) is 2.22. The molecule has 2 aliphatic rings. The van der Waals surface area contributed by atoms with E-state index in [1.165, 1.54) is 0 Å². The lowest BCUT2D eigenvalue weighted by Gasteiger charge is -2.16. The van der Waals surface area contributed by atoms with Crippen LogP contribution < -0.4 is 0 Å². The molecule has 3 nitrogen and oxygen atoms in total. The number of ether oxygens (including phenoxy) is 2. The van der Waals surface area contributed by atoms with Gasteiger partial charge in [0, 0.05) is 12.3 Å². The van der Waals surface area contributed by atoms with Crippen molar-refractivity contribution in [3.8, 4) is 0 Å². The maximum Gasteiger partial charge on any atom is 0.163 e. The second kappa shape index (κ2) is 3.72. The van der Waals surface area contributed by atoms with Crippen LogP contribution in [0, 0.1) is 11.8 Å². The van der Waals surface area contributed by atoms with Gasteiger partial charge in [-0.05, 0) is 26.2 Å². The van der Waals surface area contributed by atoms with Crippen LogP contribution in [0.25, 0.3) is 0 Å². The summed E-state index contributed by atoms with van der Waals surface area (Å²) in [6, 6.07) is 0. The summed E-state index contributed by atoms with van der Waals surface area (Å²) in [6.45, 7) is 8.03. The van der Waals surface area contributed by atoms with E-state index in [2.05, 4.69) is 6.58 Å². The minimum Gasteiger partial charge on any atom is -0.348 e. The Kier molecular flexibility index (Phi) is 2.69. The number of Topliss-reactive ketones (excluding diaryl/α,β-unsaturated/α-hetero) is 1. The molecule has 1 heterocycles. The van der Waals surface area contributed by atoms with Crippen molar-refractivity contribution >= 4 is 5.78 Å². The van der Waals surface area contributed by atoms with E-state index in [-0.39, 0.29) is 12.0 Å². The number of hydrogen-bond donors (Lipinski definition) is 0. The Balaban J connectivity index is 1.84. The Morgan fingerprint density at radius 2 is 2.33 bits per heavy atom. The van der Waals surface area contributed by atoms with E-state index in [0.717, 1.165) is 6.42 Å². The summed E-state index contributed by atoms with van der Waals surface area (Å²) in [5.41, 5.74) is 0. The minimum absolute atomic E-state index is 0.110. The first-order valence-corrected chi connectivity index (χ1v) is 5.49. The molecule has 1 aliphatic carbocycles. The Morgan fingerprint density at radius 1 is 1.60 bits per heavy atom. The Bertz CT molecular complexity index is 283. The zero-order chi connectivity index (χ0) is 11.1. The first kappa shape index (κ1) is 10.8. The van der Waals surface area contributed by atoms with E-state index in [9.17, 15) is 4.79 Å². The maximum atomic E-state index is 11.6. The van der Waals surface area contributed by atoms with Gasteiger partial charge in [-0.2, -0.15) is 0 Å². The second-order valence-corrected chi connectivity index (χ2v) is 4.83. The lowest BCUT2D eigenvalue weighted by molar-refractivity contribution is -0.142. The normalized spacial score (nSPS) is 37.6. The molecule has 84 valence electrons. The van der Waals surface area contributed by atoms with Gasteiger partial charge in [-0.15, -0.1) is 6.58 Å². The summed E-state index contributed by atoms with van der Waals surface area (Å²) in [4.78, 5) is 11.6. The Labute approximate surface area is 90.4 Å². The van der Waals surface area contributed by atoms with Gasteiger partial charge in [0.2, 0.25) is 0 Å². The lowest BCUT2D eigenvalue weighted by atomic mass is 10.1. The van der Waals surface area contributed by atoms with E-state index >= 15 is 0 Å². The minimum atomic E-state index is -0.473. The molecule has 0 radical (unpaired) electrons. The first-order chi connectivity index (χ1) is 7.03. The predicted octanol–water partition coefficient (Wildman–Crippen LogP) is 1.92. The Hall–Kier alpha value is -0.670. The molecule has 15 heavy (non-hydrogen) atoms. The van der Waals surface area contributed by atoms with Crippen molar-refractivity contribution in [3.05, 3.63) is 12.7 Å². The summed E-state index contributed by atoms with van der Waals surface area (Å²) >= 11 is 0. The molecule has 1 saturated carbocycles. The third-order valence-corrected chi connectivity index (χ3v) is 3.11. The molecule has 3 atom stereocenters. The van der Waals surface area contributed by atoms with Crippen LogP contribution in [-0.2, 0) is 14.3 Å². The molecule has 0 spiro atoms. The zero-order valence-corrected chi connectivity index (χ0v) is 9.36. The highest BCUT2D eigenvalue weighted by molar-refractivity contribution is 5.85. The summed E-state index contributed by atoms with van der Waals surface area (Å²) in [5.74, 6) is 0.382. The maximum absolute atomic E-state index is 11.6. The van der Waals surface area contributed by atoms with Crippen molar-refractivity contribution in [3.63, 3.8) is 0 Å². The molecule has 3 heteroatoms. The molecule has 1 aliphatic heterocycles. The van der Waals surface area contributed by atoms with E-state index in [4.69, 9.17) is 9.47 Å². The summed E-state index contributed by atoms with van der Waals surface area (Å²) in [5, 5.41) is 0. The van der Waals surface area contributed by atoms with Crippen LogP contribution in [0.4, 0.5) is 0 Å². The van der Waals surface area contributed by atoms with E-state index in [1.807, 2.05) is 13.8 Å². The van der Waals surface area contributed by atoms with Crippen LogP contribution >= 0.6 is 0 Å². The van der Waals surface area contributed by atoms with E-state index < -0.39 is 5.79 Å². The van der Waals surface area contributed by atoms with Crippen LogP contribution in [0.2, 0.25) is 0 Å². The summed E-state index contributed by atoms with van der Waals surface area (Å²) in [7, 11) is 0. The zero-order valence-electron chi connectivity index (χ0n) is 9.36. The average molecular weight is 210 g/mol. The largest absolute Gasteiger partial charge is 0.348 e. The number of ketones is 1. The van der Waals surface area contributed by atoms with E-state index in [0.29, 0.717) is 24.7 Å². The molecule has 0 bridgehead atoms. The number of rotatable bonds is 4. The predicted molar refractivity (Wildman–Crippen MR) is 56.3 cm³/mol. The average Bonchev–Trinajstić information content (AvgIpc) is 2.86. The summed E-state index contributed by atoms with van der Waals surface area (Å²) < 4.78 is 11.2. The fourth-order valence-electron chi connectivity index (χ4n) is 2.22. The highest BCUT2D eigenvalue weighted by Crippen LogP contribution is 2.46. The number of carbonyl (C=O) groups is 1. The van der Waals surface area contributed by atoms with Gasteiger partial charge in [0.1, 0.15) is 5.78 Å². The first-order valence-electron chi connectivity index (χ1n) is 5.49. The van der Waals surface area contributed by atoms with Gasteiger partial charge >= 0.3 is 0 Å². The van der Waals surface area contributed by atoms with Gasteiger partial charge in [0.05, 0.1) is 12.7 Å². The second-order valence-electron chi connectivity index (χ2n) is 4.83. The smallest absolute Gasteiger partial charge is 0.163 e. The van der Waals surface area contributed by atoms with E-state index in [1.54, 1.807) is 6.08 Å². The summed E-state index contributed by atoms with van der Waals surface area (Å²) in [6.07, 6.45) is 3.22. The Morgan fingerprint density at radius 3 is 2.87 bits per heavy atom. The SMILES string of the molecule is C=CCC(=O)[C@@H]1C[C@H]1[C@H]1COC(C)(C)O1. The fraction of sp³-hybridized carbons (Fsp3) is 0.750. The number of carbonyl (C=O) groups excluding carboxylic acids is 1. The van der Waals surface area contributed by atoms with Crippen molar-refractivity contribution in [2.45, 2.75) is 38.6 Å². The van der Waals surface area contributed by atoms with Crippen molar-refractivity contribution in [2.75, 3.05) is 6.61 Å². The van der Waals surface area contributed by atoms with Crippen LogP contribution in [0.1, 0.15) is 26.7 Å². The van der Waals surface area contributed by atoms with Crippen LogP contribution in [-0.4, -0.2) is 24.3 Å². The molecule has 1 saturated heterocycles. The molecule has 2 fully saturated rings. The van der Waals surface area contributed by atoms with Crippen LogP contribution in [0.3, 0.4) is 0 Å². The highest BCUT2D eigenvalue weighted by atomic mass is 16.7. The molecule has 0 N–H and O–H groups in total. The van der Waals surface area contributed by atoms with Gasteiger partial charge in [0.25, 0.3) is 0 Å². The molecule has 0 amide bonds. The lowest BCUT2D eigenvalue weighted by Crippen LogP contribution is -2.23. The number of hydrogen-bond acceptors (Lipinski definition) is 3. The molecule has 0 aromatic rings. The van der Waals surface area contributed by atoms with Gasteiger partial charge < -0.3 is 9.47 Å². The molecular weight excluding hydrogens is 192 g/mol. The molecule has 0 unspecified atom stereocenters. The topological polar surface area (TPSA) is 35.5 Å². The van der Waals surface area contributed by atoms with Crippen molar-refractivity contribution in [1.82, 2.24) is 0 Å². The molecular formula is C12H18O3. The monoisotopic (exact) mass is 210 g/mol. The molecule has 0 aromatic carbocycles. The number of allylic oxidation sites excluding steroid dienone is 1. The van der Waals surface area contributed by atoms with Crippen molar-refractivity contribution < 1.29 is 14.3 Å². The third kappa shape index (κ3) is 2.29. The van der Waals surface area contributed by atoms with Crippen molar-refractivity contribution in [1.29, 1.82) is 0 Å². The van der Waals surface area contributed by atoms with Crippen LogP contribution in [0.15, 0.2) is 12.7 Å². The van der Waals surface area contributed by atoms with Crippen molar-refractivity contribution in [2.24, 2.45) is 11.8 Å². The molecule has 2 rings (SSSR count). The quantitative estimate of drug-likeness (QED) is 0.665. The van der Waals surface area contributed by atoms with Gasteiger partial charge in [-0.25, -0.2) is 0 Å². The van der Waals surface area contributed by atoms with Crippen LogP contribution in [0.5, 0.6) is 0 Å². The third-order valence-electron chi connectivity index (χ3n) is 3.11. The highest BCUT2D eigenvalue weighted by Gasteiger charge is 2.51. The van der Waals surface area contributed by atoms with Gasteiger partial charge in [0.15, 0.2) is 5.79 Å².